The van der Waals surface area contributed by atoms with Gasteiger partial charge < -0.3 is 10.3 Å². The molecule has 1 unspecified atom stereocenters. The lowest BCUT2D eigenvalue weighted by molar-refractivity contribution is 0.480. The summed E-state index contributed by atoms with van der Waals surface area (Å²) in [6, 6.07) is 6.31. The first-order valence-corrected chi connectivity index (χ1v) is 5.69. The van der Waals surface area contributed by atoms with E-state index < -0.39 is 0 Å². The summed E-state index contributed by atoms with van der Waals surface area (Å²) in [6.45, 7) is 6.32. The number of imidazole rings is 1. The number of aromatic nitrogens is 2. The lowest BCUT2D eigenvalue weighted by atomic mass is 10.1. The van der Waals surface area contributed by atoms with Crippen LogP contribution in [0.4, 0.5) is 0 Å². The molecule has 0 fully saturated rings. The van der Waals surface area contributed by atoms with Gasteiger partial charge in [-0.25, -0.2) is 4.98 Å². The van der Waals surface area contributed by atoms with Crippen LogP contribution in [0, 0.1) is 12.8 Å². The van der Waals surface area contributed by atoms with Gasteiger partial charge in [0.25, 0.3) is 0 Å². The van der Waals surface area contributed by atoms with E-state index in [1.54, 1.807) is 0 Å². The predicted octanol–water partition coefficient (Wildman–Crippen LogP) is 2.54. The van der Waals surface area contributed by atoms with Crippen molar-refractivity contribution < 1.29 is 0 Å². The molecule has 1 heterocycles. The molecule has 0 bridgehead atoms. The molecule has 0 amide bonds. The molecule has 3 nitrogen and oxygen atoms in total. The number of hydrogen-bond acceptors (Lipinski definition) is 2. The Hall–Kier alpha value is -1.35. The molecule has 86 valence electrons. The highest BCUT2D eigenvalue weighted by molar-refractivity contribution is 5.76. The van der Waals surface area contributed by atoms with Crippen LogP contribution in [0.2, 0.25) is 0 Å². The van der Waals surface area contributed by atoms with Crippen molar-refractivity contribution >= 4 is 11.0 Å². The average Bonchev–Trinajstić information content (AvgIpc) is 2.54. The van der Waals surface area contributed by atoms with E-state index in [9.17, 15) is 0 Å². The van der Waals surface area contributed by atoms with Crippen LogP contribution in [0.3, 0.4) is 0 Å². The normalized spacial score (nSPS) is 13.6. The van der Waals surface area contributed by atoms with Gasteiger partial charge in [0.15, 0.2) is 0 Å². The van der Waals surface area contributed by atoms with Gasteiger partial charge >= 0.3 is 0 Å². The third kappa shape index (κ3) is 1.71. The zero-order valence-electron chi connectivity index (χ0n) is 10.4. The Morgan fingerprint density at radius 3 is 2.62 bits per heavy atom. The van der Waals surface area contributed by atoms with E-state index in [4.69, 9.17) is 5.73 Å². The van der Waals surface area contributed by atoms with E-state index in [0.717, 1.165) is 16.9 Å². The molecule has 3 heteroatoms. The van der Waals surface area contributed by atoms with Crippen molar-refractivity contribution in [3.8, 4) is 0 Å². The van der Waals surface area contributed by atoms with E-state index in [-0.39, 0.29) is 6.04 Å². The first-order valence-electron chi connectivity index (χ1n) is 5.69. The summed E-state index contributed by atoms with van der Waals surface area (Å²) < 4.78 is 2.10. The van der Waals surface area contributed by atoms with E-state index in [0.29, 0.717) is 5.92 Å². The number of aryl methyl sites for hydroxylation is 2. The van der Waals surface area contributed by atoms with Gasteiger partial charge in [0.1, 0.15) is 5.82 Å². The molecule has 0 spiro atoms. The largest absolute Gasteiger partial charge is 0.330 e. The Morgan fingerprint density at radius 1 is 1.31 bits per heavy atom. The van der Waals surface area contributed by atoms with Gasteiger partial charge in [0.2, 0.25) is 0 Å². The second kappa shape index (κ2) is 3.91. The molecule has 2 rings (SSSR count). The molecule has 1 aromatic carbocycles. The standard InChI is InChI=1S/C13H19N3/c1-8(2)12(14)13-15-10-7-9(3)5-6-11(10)16(13)4/h5-8,12H,14H2,1-4H3. The van der Waals surface area contributed by atoms with Crippen molar-refractivity contribution in [2.24, 2.45) is 18.7 Å². The first-order chi connectivity index (χ1) is 7.50. The lowest BCUT2D eigenvalue weighted by Crippen LogP contribution is -2.20. The fourth-order valence-corrected chi connectivity index (χ4v) is 1.92. The first kappa shape index (κ1) is 11.1. The van der Waals surface area contributed by atoms with Crippen LogP contribution in [0.25, 0.3) is 11.0 Å². The van der Waals surface area contributed by atoms with Crippen molar-refractivity contribution in [2.45, 2.75) is 26.8 Å². The van der Waals surface area contributed by atoms with Crippen LogP contribution < -0.4 is 5.73 Å². The van der Waals surface area contributed by atoms with Gasteiger partial charge in [0.05, 0.1) is 17.1 Å². The average molecular weight is 217 g/mol. The molecule has 0 saturated heterocycles. The van der Waals surface area contributed by atoms with Gasteiger partial charge in [-0.05, 0) is 30.5 Å². The van der Waals surface area contributed by atoms with Gasteiger partial charge in [0, 0.05) is 7.05 Å². The highest BCUT2D eigenvalue weighted by atomic mass is 15.1. The zero-order valence-corrected chi connectivity index (χ0v) is 10.4. The number of nitrogens with zero attached hydrogens (tertiary/aromatic N) is 2. The maximum atomic E-state index is 6.16. The molecule has 0 radical (unpaired) electrons. The van der Waals surface area contributed by atoms with Crippen LogP contribution in [0.15, 0.2) is 18.2 Å². The number of hydrogen-bond donors (Lipinski definition) is 1. The van der Waals surface area contributed by atoms with Crippen LogP contribution in [0.5, 0.6) is 0 Å². The number of nitrogens with two attached hydrogens (primary N) is 1. The molecule has 0 aliphatic rings. The quantitative estimate of drug-likeness (QED) is 0.840. The van der Waals surface area contributed by atoms with Crippen LogP contribution >= 0.6 is 0 Å². The number of benzene rings is 1. The number of fused-ring (bicyclic) bond motifs is 1. The Labute approximate surface area is 96.3 Å². The minimum Gasteiger partial charge on any atom is -0.330 e. The maximum Gasteiger partial charge on any atom is 0.126 e. The highest BCUT2D eigenvalue weighted by Gasteiger charge is 2.17. The summed E-state index contributed by atoms with van der Waals surface area (Å²) in [6.07, 6.45) is 0. The van der Waals surface area contributed by atoms with Gasteiger partial charge in [-0.15, -0.1) is 0 Å². The minimum atomic E-state index is -0.00212. The van der Waals surface area contributed by atoms with Crippen molar-refractivity contribution in [1.29, 1.82) is 0 Å². The van der Waals surface area contributed by atoms with E-state index in [1.165, 1.54) is 5.56 Å². The minimum absolute atomic E-state index is 0.00212. The SMILES string of the molecule is Cc1ccc2c(c1)nc(C(N)C(C)C)n2C. The Kier molecular flexibility index (Phi) is 2.72. The van der Waals surface area contributed by atoms with Crippen LogP contribution in [-0.2, 0) is 7.05 Å². The molecule has 16 heavy (non-hydrogen) atoms. The van der Waals surface area contributed by atoms with E-state index >= 15 is 0 Å². The van der Waals surface area contributed by atoms with Gasteiger partial charge in [-0.3, -0.25) is 0 Å². The third-order valence-electron chi connectivity index (χ3n) is 3.09. The van der Waals surface area contributed by atoms with Gasteiger partial charge in [-0.1, -0.05) is 19.9 Å². The monoisotopic (exact) mass is 217 g/mol. The molecular formula is C13H19N3. The molecule has 1 aromatic heterocycles. The third-order valence-corrected chi connectivity index (χ3v) is 3.09. The topological polar surface area (TPSA) is 43.8 Å². The predicted molar refractivity (Wildman–Crippen MR) is 67.2 cm³/mol. The van der Waals surface area contributed by atoms with Crippen LogP contribution in [0.1, 0.15) is 31.3 Å². The molecule has 2 aromatic rings. The van der Waals surface area contributed by atoms with E-state index in [1.807, 2.05) is 7.05 Å². The Morgan fingerprint density at radius 2 is 2.00 bits per heavy atom. The second-order valence-electron chi connectivity index (χ2n) is 4.79. The molecule has 0 aliphatic carbocycles. The summed E-state index contributed by atoms with van der Waals surface area (Å²) in [7, 11) is 2.03. The lowest BCUT2D eigenvalue weighted by Gasteiger charge is -2.14. The molecule has 0 aliphatic heterocycles. The highest BCUT2D eigenvalue weighted by Crippen LogP contribution is 2.23. The summed E-state index contributed by atoms with van der Waals surface area (Å²) in [5, 5.41) is 0. The molecular weight excluding hydrogens is 198 g/mol. The van der Waals surface area contributed by atoms with Crippen molar-refractivity contribution in [2.75, 3.05) is 0 Å². The summed E-state index contributed by atoms with van der Waals surface area (Å²) in [5.41, 5.74) is 9.57. The molecule has 1 atom stereocenters. The van der Waals surface area contributed by atoms with Crippen LogP contribution in [-0.4, -0.2) is 9.55 Å². The smallest absolute Gasteiger partial charge is 0.126 e. The van der Waals surface area contributed by atoms with Crippen molar-refractivity contribution in [3.63, 3.8) is 0 Å². The van der Waals surface area contributed by atoms with E-state index in [2.05, 4.69) is 48.5 Å². The Balaban J connectivity index is 2.60. The maximum absolute atomic E-state index is 6.16. The fourth-order valence-electron chi connectivity index (χ4n) is 1.92. The van der Waals surface area contributed by atoms with Gasteiger partial charge in [-0.2, -0.15) is 0 Å². The fraction of sp³-hybridized carbons (Fsp3) is 0.462. The summed E-state index contributed by atoms with van der Waals surface area (Å²) >= 11 is 0. The van der Waals surface area contributed by atoms with Crippen molar-refractivity contribution in [1.82, 2.24) is 9.55 Å². The number of rotatable bonds is 2. The molecule has 2 N–H and O–H groups in total. The molecule has 0 saturated carbocycles. The van der Waals surface area contributed by atoms with Crippen molar-refractivity contribution in [3.05, 3.63) is 29.6 Å². The Bertz CT molecular complexity index is 511. The summed E-state index contributed by atoms with van der Waals surface area (Å²) in [5.74, 6) is 1.37. The zero-order chi connectivity index (χ0) is 11.9. The summed E-state index contributed by atoms with van der Waals surface area (Å²) in [4.78, 5) is 4.63. The second-order valence-corrected chi connectivity index (χ2v) is 4.79.